The standard InChI is InChI=1S/C20H17N3O3/c24-19(21-14-4-5-16-17(9-14)23-20(25)22-16)8-13-10-26-18-7-12-3-1-2-11(12)6-15(13)18/h4-7,9-10H,1-3,8H2,(H,21,24)(H2,22,23,25). The minimum absolute atomic E-state index is 0.120. The zero-order valence-corrected chi connectivity index (χ0v) is 14.0. The molecule has 0 saturated carbocycles. The Balaban J connectivity index is 1.39. The Bertz CT molecular complexity index is 1210. The first-order valence-electron chi connectivity index (χ1n) is 8.69. The number of imidazole rings is 1. The second-order valence-electron chi connectivity index (χ2n) is 6.80. The van der Waals surface area contributed by atoms with E-state index in [1.165, 1.54) is 17.5 Å². The number of carbonyl (C=O) groups excluding carboxylic acids is 1. The van der Waals surface area contributed by atoms with Crippen LogP contribution in [0.15, 0.2) is 45.8 Å². The average Bonchev–Trinajstić information content (AvgIpc) is 3.30. The third-order valence-corrected chi connectivity index (χ3v) is 5.02. The predicted molar refractivity (Wildman–Crippen MR) is 99.5 cm³/mol. The van der Waals surface area contributed by atoms with E-state index in [-0.39, 0.29) is 18.0 Å². The maximum absolute atomic E-state index is 12.5. The number of benzene rings is 2. The van der Waals surface area contributed by atoms with Crippen LogP contribution < -0.4 is 11.0 Å². The van der Waals surface area contributed by atoms with Crippen molar-refractivity contribution in [2.45, 2.75) is 25.7 Å². The molecule has 0 radical (unpaired) electrons. The Hall–Kier alpha value is -3.28. The van der Waals surface area contributed by atoms with Gasteiger partial charge in [0.25, 0.3) is 0 Å². The van der Waals surface area contributed by atoms with Crippen molar-refractivity contribution >= 4 is 33.6 Å². The fraction of sp³-hybridized carbons (Fsp3) is 0.200. The van der Waals surface area contributed by atoms with Gasteiger partial charge < -0.3 is 19.7 Å². The largest absolute Gasteiger partial charge is 0.464 e. The lowest BCUT2D eigenvalue weighted by molar-refractivity contribution is -0.115. The van der Waals surface area contributed by atoms with E-state index < -0.39 is 0 Å². The zero-order chi connectivity index (χ0) is 17.7. The maximum atomic E-state index is 12.5. The summed E-state index contributed by atoms with van der Waals surface area (Å²) in [4.78, 5) is 29.2. The summed E-state index contributed by atoms with van der Waals surface area (Å²) < 4.78 is 5.66. The summed E-state index contributed by atoms with van der Waals surface area (Å²) in [6.45, 7) is 0. The highest BCUT2D eigenvalue weighted by Crippen LogP contribution is 2.30. The van der Waals surface area contributed by atoms with Crippen LogP contribution in [0.3, 0.4) is 0 Å². The van der Waals surface area contributed by atoms with E-state index in [0.29, 0.717) is 16.7 Å². The van der Waals surface area contributed by atoms with Gasteiger partial charge in [0.05, 0.1) is 23.7 Å². The van der Waals surface area contributed by atoms with Crippen molar-refractivity contribution in [3.63, 3.8) is 0 Å². The molecule has 1 aliphatic rings. The molecule has 6 nitrogen and oxygen atoms in total. The summed E-state index contributed by atoms with van der Waals surface area (Å²) in [6.07, 6.45) is 5.30. The van der Waals surface area contributed by atoms with Gasteiger partial charge in [-0.1, -0.05) is 0 Å². The maximum Gasteiger partial charge on any atom is 0.323 e. The molecule has 5 rings (SSSR count). The molecule has 0 fully saturated rings. The second kappa shape index (κ2) is 5.62. The summed E-state index contributed by atoms with van der Waals surface area (Å²) in [6, 6.07) is 9.55. The molecule has 2 heterocycles. The smallest absolute Gasteiger partial charge is 0.323 e. The van der Waals surface area contributed by atoms with E-state index in [1.54, 1.807) is 24.5 Å². The van der Waals surface area contributed by atoms with Gasteiger partial charge in [0, 0.05) is 16.6 Å². The van der Waals surface area contributed by atoms with Crippen molar-refractivity contribution in [2.24, 2.45) is 0 Å². The van der Waals surface area contributed by atoms with Crippen LogP contribution in [0.2, 0.25) is 0 Å². The predicted octanol–water partition coefficient (Wildman–Crippen LogP) is 3.27. The van der Waals surface area contributed by atoms with Gasteiger partial charge in [-0.15, -0.1) is 0 Å². The molecule has 0 saturated heterocycles. The summed E-state index contributed by atoms with van der Waals surface area (Å²) in [5.41, 5.74) is 6.22. The van der Waals surface area contributed by atoms with Crippen LogP contribution >= 0.6 is 0 Å². The van der Waals surface area contributed by atoms with Gasteiger partial charge in [-0.05, 0) is 60.7 Å². The topological polar surface area (TPSA) is 90.9 Å². The number of aromatic nitrogens is 2. The molecule has 1 amide bonds. The van der Waals surface area contributed by atoms with E-state index in [1.807, 2.05) is 0 Å². The van der Waals surface area contributed by atoms with E-state index in [9.17, 15) is 9.59 Å². The summed E-state index contributed by atoms with van der Waals surface area (Å²) in [7, 11) is 0. The van der Waals surface area contributed by atoms with Crippen LogP contribution in [0.4, 0.5) is 5.69 Å². The first-order chi connectivity index (χ1) is 12.7. The summed E-state index contributed by atoms with van der Waals surface area (Å²) >= 11 is 0. The number of hydrogen-bond acceptors (Lipinski definition) is 3. The molecular weight excluding hydrogens is 330 g/mol. The molecule has 2 aromatic carbocycles. The summed E-state index contributed by atoms with van der Waals surface area (Å²) in [5.74, 6) is -0.120. The third-order valence-electron chi connectivity index (χ3n) is 5.02. The quantitative estimate of drug-likeness (QED) is 0.531. The molecule has 0 atom stereocenters. The Morgan fingerprint density at radius 1 is 1.08 bits per heavy atom. The van der Waals surface area contributed by atoms with E-state index >= 15 is 0 Å². The second-order valence-corrected chi connectivity index (χ2v) is 6.80. The number of aryl methyl sites for hydroxylation is 2. The number of rotatable bonds is 3. The third kappa shape index (κ3) is 2.50. The zero-order valence-electron chi connectivity index (χ0n) is 14.0. The number of furan rings is 1. The van der Waals surface area contributed by atoms with E-state index in [4.69, 9.17) is 4.42 Å². The fourth-order valence-electron chi connectivity index (χ4n) is 3.77. The van der Waals surface area contributed by atoms with Gasteiger partial charge in [-0.2, -0.15) is 0 Å². The number of H-pyrrole nitrogens is 2. The number of fused-ring (bicyclic) bond motifs is 3. The molecule has 2 aromatic heterocycles. The lowest BCUT2D eigenvalue weighted by atomic mass is 10.0. The first-order valence-corrected chi connectivity index (χ1v) is 8.69. The van der Waals surface area contributed by atoms with Gasteiger partial charge in [0.15, 0.2) is 0 Å². The van der Waals surface area contributed by atoms with Gasteiger partial charge in [-0.3, -0.25) is 4.79 Å². The SMILES string of the molecule is O=C(Cc1coc2cc3c(cc12)CCC3)Nc1ccc2[nH]c(=O)[nH]c2c1. The Labute approximate surface area is 148 Å². The van der Waals surface area contributed by atoms with Crippen LogP contribution in [0.25, 0.3) is 22.0 Å². The highest BCUT2D eigenvalue weighted by molar-refractivity contribution is 5.96. The fourth-order valence-corrected chi connectivity index (χ4v) is 3.77. The van der Waals surface area contributed by atoms with Crippen molar-refractivity contribution in [3.8, 4) is 0 Å². The van der Waals surface area contributed by atoms with E-state index in [0.717, 1.165) is 29.4 Å². The minimum Gasteiger partial charge on any atom is -0.464 e. The molecule has 3 N–H and O–H groups in total. The Kier molecular flexibility index (Phi) is 3.25. The molecule has 4 aromatic rings. The van der Waals surface area contributed by atoms with Crippen molar-refractivity contribution in [3.05, 3.63) is 63.8 Å². The Morgan fingerprint density at radius 2 is 1.88 bits per heavy atom. The number of carbonyl (C=O) groups is 1. The summed E-state index contributed by atoms with van der Waals surface area (Å²) in [5, 5.41) is 3.90. The molecular formula is C20H17N3O3. The highest BCUT2D eigenvalue weighted by atomic mass is 16.3. The average molecular weight is 347 g/mol. The van der Waals surface area contributed by atoms with Crippen LogP contribution in [0.5, 0.6) is 0 Å². The van der Waals surface area contributed by atoms with Crippen LogP contribution in [0.1, 0.15) is 23.1 Å². The van der Waals surface area contributed by atoms with Gasteiger partial charge >= 0.3 is 5.69 Å². The molecule has 0 unspecified atom stereocenters. The van der Waals surface area contributed by atoms with Crippen molar-refractivity contribution in [2.75, 3.05) is 5.32 Å². The number of amides is 1. The van der Waals surface area contributed by atoms with E-state index in [2.05, 4.69) is 27.4 Å². The van der Waals surface area contributed by atoms with Crippen LogP contribution in [-0.2, 0) is 24.1 Å². The number of hydrogen-bond donors (Lipinski definition) is 3. The van der Waals surface area contributed by atoms with Crippen LogP contribution in [-0.4, -0.2) is 15.9 Å². The van der Waals surface area contributed by atoms with Crippen molar-refractivity contribution in [1.29, 1.82) is 0 Å². The molecule has 1 aliphatic carbocycles. The van der Waals surface area contributed by atoms with Gasteiger partial charge in [0.1, 0.15) is 5.58 Å². The van der Waals surface area contributed by atoms with Crippen molar-refractivity contribution in [1.82, 2.24) is 9.97 Å². The molecule has 130 valence electrons. The van der Waals surface area contributed by atoms with Crippen LogP contribution in [0, 0.1) is 0 Å². The monoisotopic (exact) mass is 347 g/mol. The Morgan fingerprint density at radius 3 is 2.77 bits per heavy atom. The van der Waals surface area contributed by atoms with Gasteiger partial charge in [0.2, 0.25) is 5.91 Å². The number of aromatic amines is 2. The normalized spacial score (nSPS) is 13.4. The lowest BCUT2D eigenvalue weighted by Gasteiger charge is -2.05. The number of anilines is 1. The molecule has 6 heteroatoms. The van der Waals surface area contributed by atoms with Crippen molar-refractivity contribution < 1.29 is 9.21 Å². The highest BCUT2D eigenvalue weighted by Gasteiger charge is 2.17. The minimum atomic E-state index is -0.263. The van der Waals surface area contributed by atoms with Gasteiger partial charge in [-0.25, -0.2) is 4.79 Å². The molecule has 0 bridgehead atoms. The molecule has 26 heavy (non-hydrogen) atoms. The molecule has 0 aliphatic heterocycles. The molecule has 0 spiro atoms. The first kappa shape index (κ1) is 15.0. The lowest BCUT2D eigenvalue weighted by Crippen LogP contribution is -2.14. The number of nitrogens with one attached hydrogen (secondary N) is 3.